The number of nitrogens with one attached hydrogen (secondary N) is 2. The van der Waals surface area contributed by atoms with Gasteiger partial charge in [0.25, 0.3) is 0 Å². The van der Waals surface area contributed by atoms with Crippen molar-refractivity contribution in [2.75, 3.05) is 0 Å². The van der Waals surface area contributed by atoms with Crippen LogP contribution in [0.4, 0.5) is 4.79 Å². The lowest BCUT2D eigenvalue weighted by molar-refractivity contribution is -0.149. The zero-order valence-electron chi connectivity index (χ0n) is 13.1. The van der Waals surface area contributed by atoms with Gasteiger partial charge in [0.1, 0.15) is 0 Å². The second-order valence-corrected chi connectivity index (χ2v) is 6.70. The van der Waals surface area contributed by atoms with Crippen molar-refractivity contribution >= 4 is 17.9 Å². The SMILES string of the molecule is CC1CCCC(NC(=O)NC(=O)CC(C)(C)C(=O)O)CC1. The van der Waals surface area contributed by atoms with Crippen LogP contribution in [-0.4, -0.2) is 29.1 Å². The molecule has 0 aromatic heterocycles. The Kier molecular flexibility index (Phi) is 6.18. The Morgan fingerprint density at radius 3 is 2.43 bits per heavy atom. The molecule has 0 saturated heterocycles. The van der Waals surface area contributed by atoms with E-state index < -0.39 is 23.3 Å². The largest absolute Gasteiger partial charge is 0.481 e. The Balaban J connectivity index is 2.39. The van der Waals surface area contributed by atoms with E-state index in [2.05, 4.69) is 17.6 Å². The number of carboxylic acid groups (broad SMARTS) is 1. The molecular formula is C15H26N2O4. The monoisotopic (exact) mass is 298 g/mol. The number of carbonyl (C=O) groups is 3. The van der Waals surface area contributed by atoms with Crippen LogP contribution in [0.5, 0.6) is 0 Å². The first-order valence-corrected chi connectivity index (χ1v) is 7.54. The van der Waals surface area contributed by atoms with Crippen molar-refractivity contribution in [3.8, 4) is 0 Å². The van der Waals surface area contributed by atoms with Crippen LogP contribution in [-0.2, 0) is 9.59 Å². The lowest BCUT2D eigenvalue weighted by atomic mass is 9.89. The topological polar surface area (TPSA) is 95.5 Å². The van der Waals surface area contributed by atoms with Crippen LogP contribution in [0, 0.1) is 11.3 Å². The fourth-order valence-corrected chi connectivity index (χ4v) is 2.50. The van der Waals surface area contributed by atoms with Gasteiger partial charge in [-0.05, 0) is 39.0 Å². The van der Waals surface area contributed by atoms with Crippen molar-refractivity contribution < 1.29 is 19.5 Å². The smallest absolute Gasteiger partial charge is 0.321 e. The van der Waals surface area contributed by atoms with Crippen molar-refractivity contribution in [3.05, 3.63) is 0 Å². The van der Waals surface area contributed by atoms with E-state index in [1.807, 2.05) is 0 Å². The van der Waals surface area contributed by atoms with E-state index in [4.69, 9.17) is 5.11 Å². The molecule has 2 unspecified atom stereocenters. The van der Waals surface area contributed by atoms with Crippen molar-refractivity contribution in [1.29, 1.82) is 0 Å². The number of hydrogen-bond donors (Lipinski definition) is 3. The normalized spacial score (nSPS) is 23.0. The molecule has 0 spiro atoms. The first-order chi connectivity index (χ1) is 9.70. The van der Waals surface area contributed by atoms with Crippen LogP contribution in [0.15, 0.2) is 0 Å². The number of rotatable bonds is 4. The van der Waals surface area contributed by atoms with Crippen molar-refractivity contribution in [3.63, 3.8) is 0 Å². The Morgan fingerprint density at radius 2 is 1.81 bits per heavy atom. The lowest BCUT2D eigenvalue weighted by Crippen LogP contribution is -2.45. The maximum atomic E-state index is 11.8. The zero-order valence-corrected chi connectivity index (χ0v) is 13.1. The van der Waals surface area contributed by atoms with E-state index >= 15 is 0 Å². The molecule has 0 heterocycles. The highest BCUT2D eigenvalue weighted by molar-refractivity contribution is 5.96. The second kappa shape index (κ2) is 7.43. The van der Waals surface area contributed by atoms with Crippen LogP contribution < -0.4 is 10.6 Å². The average Bonchev–Trinajstić information content (AvgIpc) is 2.53. The van der Waals surface area contributed by atoms with Gasteiger partial charge in [0.05, 0.1) is 5.41 Å². The van der Waals surface area contributed by atoms with Gasteiger partial charge in [0.15, 0.2) is 0 Å². The molecule has 6 nitrogen and oxygen atoms in total. The Bertz CT molecular complexity index is 406. The number of hydrogen-bond acceptors (Lipinski definition) is 3. The fourth-order valence-electron chi connectivity index (χ4n) is 2.50. The van der Waals surface area contributed by atoms with E-state index in [1.165, 1.54) is 20.3 Å². The Hall–Kier alpha value is -1.59. The number of carbonyl (C=O) groups excluding carboxylic acids is 2. The van der Waals surface area contributed by atoms with E-state index in [0.29, 0.717) is 5.92 Å². The van der Waals surface area contributed by atoms with E-state index in [1.54, 1.807) is 0 Å². The molecular weight excluding hydrogens is 272 g/mol. The molecule has 1 aliphatic carbocycles. The molecule has 21 heavy (non-hydrogen) atoms. The maximum Gasteiger partial charge on any atom is 0.321 e. The summed E-state index contributed by atoms with van der Waals surface area (Å²) in [4.78, 5) is 34.4. The predicted octanol–water partition coefficient (Wildman–Crippen LogP) is 2.28. The fraction of sp³-hybridized carbons (Fsp3) is 0.800. The molecule has 1 aliphatic rings. The van der Waals surface area contributed by atoms with Gasteiger partial charge in [0, 0.05) is 12.5 Å². The van der Waals surface area contributed by atoms with Crippen LogP contribution in [0.2, 0.25) is 0 Å². The summed E-state index contributed by atoms with van der Waals surface area (Å²) >= 11 is 0. The van der Waals surface area contributed by atoms with Gasteiger partial charge in [-0.15, -0.1) is 0 Å². The molecule has 0 radical (unpaired) electrons. The molecule has 6 heteroatoms. The number of amides is 3. The molecule has 120 valence electrons. The molecule has 0 aliphatic heterocycles. The highest BCUT2D eigenvalue weighted by Crippen LogP contribution is 2.22. The summed E-state index contributed by atoms with van der Waals surface area (Å²) in [6.07, 6.45) is 4.94. The molecule has 3 amide bonds. The quantitative estimate of drug-likeness (QED) is 0.694. The molecule has 2 atom stereocenters. The van der Waals surface area contributed by atoms with Crippen molar-refractivity contribution in [1.82, 2.24) is 10.6 Å². The third-order valence-corrected chi connectivity index (χ3v) is 4.03. The summed E-state index contributed by atoms with van der Waals surface area (Å²) in [6, 6.07) is -0.434. The summed E-state index contributed by atoms with van der Waals surface area (Å²) < 4.78 is 0. The van der Waals surface area contributed by atoms with Crippen LogP contribution in [0.25, 0.3) is 0 Å². The van der Waals surface area contributed by atoms with Crippen LogP contribution in [0.1, 0.15) is 59.3 Å². The van der Waals surface area contributed by atoms with E-state index in [-0.39, 0.29) is 12.5 Å². The summed E-state index contributed by atoms with van der Waals surface area (Å²) in [5, 5.41) is 14.0. The summed E-state index contributed by atoms with van der Waals surface area (Å²) in [5.74, 6) is -0.949. The van der Waals surface area contributed by atoms with E-state index in [0.717, 1.165) is 25.7 Å². The first-order valence-electron chi connectivity index (χ1n) is 7.54. The van der Waals surface area contributed by atoms with Crippen LogP contribution in [0.3, 0.4) is 0 Å². The molecule has 0 aromatic carbocycles. The maximum absolute atomic E-state index is 11.8. The lowest BCUT2D eigenvalue weighted by Gasteiger charge is -2.19. The van der Waals surface area contributed by atoms with Gasteiger partial charge in [-0.25, -0.2) is 4.79 Å². The third-order valence-electron chi connectivity index (χ3n) is 4.03. The zero-order chi connectivity index (χ0) is 16.0. The van der Waals surface area contributed by atoms with Gasteiger partial charge in [-0.2, -0.15) is 0 Å². The Labute approximate surface area is 125 Å². The molecule has 1 saturated carbocycles. The molecule has 1 rings (SSSR count). The highest BCUT2D eigenvalue weighted by atomic mass is 16.4. The average molecular weight is 298 g/mol. The predicted molar refractivity (Wildman–Crippen MR) is 78.7 cm³/mol. The molecule has 3 N–H and O–H groups in total. The number of urea groups is 1. The highest BCUT2D eigenvalue weighted by Gasteiger charge is 2.31. The molecule has 0 bridgehead atoms. The van der Waals surface area contributed by atoms with Gasteiger partial charge >= 0.3 is 12.0 Å². The minimum Gasteiger partial charge on any atom is -0.481 e. The van der Waals surface area contributed by atoms with Gasteiger partial charge in [0.2, 0.25) is 5.91 Å². The summed E-state index contributed by atoms with van der Waals surface area (Å²) in [5.41, 5.74) is -1.18. The van der Waals surface area contributed by atoms with Gasteiger partial charge < -0.3 is 10.4 Å². The van der Waals surface area contributed by atoms with Crippen molar-refractivity contribution in [2.24, 2.45) is 11.3 Å². The standard InChI is InChI=1S/C15H26N2O4/c1-10-5-4-6-11(8-7-10)16-14(21)17-12(18)9-15(2,3)13(19)20/h10-11H,4-9H2,1-3H3,(H,19,20)(H2,16,17,18,21). The summed E-state index contributed by atoms with van der Waals surface area (Å²) in [6.45, 7) is 5.12. The van der Waals surface area contributed by atoms with Gasteiger partial charge in [-0.1, -0.05) is 19.8 Å². The molecule has 0 aromatic rings. The van der Waals surface area contributed by atoms with E-state index in [9.17, 15) is 14.4 Å². The minimum absolute atomic E-state index is 0.0928. The number of aliphatic carboxylic acids is 1. The second-order valence-electron chi connectivity index (χ2n) is 6.70. The minimum atomic E-state index is -1.18. The number of carboxylic acids is 1. The van der Waals surface area contributed by atoms with Crippen LogP contribution >= 0.6 is 0 Å². The molecule has 1 fully saturated rings. The third kappa shape index (κ3) is 6.14. The number of imide groups is 1. The summed E-state index contributed by atoms with van der Waals surface area (Å²) in [7, 11) is 0. The Morgan fingerprint density at radius 1 is 1.14 bits per heavy atom. The van der Waals surface area contributed by atoms with Crippen molar-refractivity contribution in [2.45, 2.75) is 65.3 Å². The van der Waals surface area contributed by atoms with Gasteiger partial charge in [-0.3, -0.25) is 14.9 Å². The first kappa shape index (κ1) is 17.5.